The van der Waals surface area contributed by atoms with Crippen LogP contribution < -0.4 is 0 Å². The Hall–Kier alpha value is -1.32. The van der Waals surface area contributed by atoms with Crippen molar-refractivity contribution >= 4 is 11.9 Å². The predicted octanol–water partition coefficient (Wildman–Crippen LogP) is 13.5. The highest BCUT2D eigenvalue weighted by atomic mass is 16.5. The monoisotopic (exact) mass is 621 g/mol. The van der Waals surface area contributed by atoms with E-state index in [9.17, 15) is 9.59 Å². The van der Waals surface area contributed by atoms with Crippen molar-refractivity contribution in [1.82, 2.24) is 0 Å². The molecule has 0 aromatic carbocycles. The summed E-state index contributed by atoms with van der Waals surface area (Å²) >= 11 is 0. The average molecular weight is 621 g/mol. The van der Waals surface area contributed by atoms with Crippen LogP contribution in [-0.4, -0.2) is 23.7 Å². The van der Waals surface area contributed by atoms with Crippen LogP contribution in [0.5, 0.6) is 0 Å². The summed E-state index contributed by atoms with van der Waals surface area (Å²) < 4.78 is 5.44. The van der Waals surface area contributed by atoms with E-state index in [0.717, 1.165) is 32.1 Å². The third-order valence-corrected chi connectivity index (χ3v) is 8.94. The number of carbonyl (C=O) groups excluding carboxylic acids is 1. The Labute approximate surface area is 275 Å². The van der Waals surface area contributed by atoms with Crippen LogP contribution >= 0.6 is 0 Å². The number of carboxylic acid groups (broad SMARTS) is 1. The van der Waals surface area contributed by atoms with Gasteiger partial charge in [0.2, 0.25) is 0 Å². The normalized spacial score (nSPS) is 11.5. The minimum atomic E-state index is -0.663. The van der Waals surface area contributed by atoms with Crippen LogP contribution in [-0.2, 0) is 14.3 Å². The zero-order valence-electron chi connectivity index (χ0n) is 29.6. The summed E-state index contributed by atoms with van der Waals surface area (Å²) in [5, 5.41) is 8.64. The topological polar surface area (TPSA) is 63.6 Å². The summed E-state index contributed by atoms with van der Waals surface area (Å²) in [6.45, 7) is 2.89. The minimum absolute atomic E-state index is 0.00530. The van der Waals surface area contributed by atoms with Gasteiger partial charge in [-0.25, -0.2) is 0 Å². The van der Waals surface area contributed by atoms with Gasteiger partial charge in [-0.3, -0.25) is 9.59 Å². The quantitative estimate of drug-likeness (QED) is 0.0426. The van der Waals surface area contributed by atoms with Gasteiger partial charge in [0.1, 0.15) is 0 Å². The first kappa shape index (κ1) is 42.7. The van der Waals surface area contributed by atoms with Gasteiger partial charge >= 0.3 is 11.9 Å². The molecule has 0 aromatic heterocycles. The molecule has 1 N–H and O–H groups in total. The SMILES string of the molecule is CCCCCCCCC=CCCCCCCCCCC(=O)OCCCCCCCCCCCCCCCCCCCC(=O)O. The van der Waals surface area contributed by atoms with Crippen molar-refractivity contribution in [3.63, 3.8) is 0 Å². The smallest absolute Gasteiger partial charge is 0.305 e. The maximum absolute atomic E-state index is 12.0. The Kier molecular flexibility index (Phi) is 36.7. The van der Waals surface area contributed by atoms with E-state index in [1.54, 1.807) is 0 Å². The molecule has 0 saturated heterocycles. The van der Waals surface area contributed by atoms with E-state index in [-0.39, 0.29) is 5.97 Å². The fourth-order valence-electron chi connectivity index (χ4n) is 5.98. The van der Waals surface area contributed by atoms with Crippen LogP contribution in [0.15, 0.2) is 12.2 Å². The Bertz CT molecular complexity index is 614. The fraction of sp³-hybridized carbons (Fsp3) is 0.900. The van der Waals surface area contributed by atoms with Crippen molar-refractivity contribution < 1.29 is 19.4 Å². The molecule has 0 radical (unpaired) electrons. The standard InChI is InChI=1S/C40H76O4/c1-2-3-4-5-6-7-8-9-10-12-16-19-22-25-28-31-34-37-40(43)44-38-35-32-29-26-23-20-17-14-11-13-15-18-21-24-27-30-33-36-39(41)42/h9-10H,2-8,11-38H2,1H3,(H,41,42). The van der Waals surface area contributed by atoms with E-state index in [1.165, 1.54) is 173 Å². The van der Waals surface area contributed by atoms with Crippen molar-refractivity contribution in [3.05, 3.63) is 12.2 Å². The van der Waals surface area contributed by atoms with Gasteiger partial charge in [-0.15, -0.1) is 0 Å². The molecule has 4 nitrogen and oxygen atoms in total. The molecular formula is C40H76O4. The minimum Gasteiger partial charge on any atom is -0.481 e. The molecule has 0 saturated carbocycles. The van der Waals surface area contributed by atoms with E-state index in [1.807, 2.05) is 0 Å². The fourth-order valence-corrected chi connectivity index (χ4v) is 5.98. The molecule has 0 heterocycles. The Morgan fingerprint density at radius 2 is 0.750 bits per heavy atom. The van der Waals surface area contributed by atoms with E-state index < -0.39 is 5.97 Å². The Morgan fingerprint density at radius 3 is 1.14 bits per heavy atom. The average Bonchev–Trinajstić information content (AvgIpc) is 3.01. The molecule has 0 spiro atoms. The van der Waals surface area contributed by atoms with Gasteiger partial charge in [0, 0.05) is 12.8 Å². The van der Waals surface area contributed by atoms with Gasteiger partial charge in [-0.1, -0.05) is 180 Å². The van der Waals surface area contributed by atoms with E-state index in [0.29, 0.717) is 19.4 Å². The third kappa shape index (κ3) is 38.7. The van der Waals surface area contributed by atoms with Crippen LogP contribution in [0.3, 0.4) is 0 Å². The molecule has 260 valence electrons. The second-order valence-corrected chi connectivity index (χ2v) is 13.4. The maximum Gasteiger partial charge on any atom is 0.305 e. The molecule has 0 rings (SSSR count). The number of hydrogen-bond acceptors (Lipinski definition) is 3. The van der Waals surface area contributed by atoms with Crippen molar-refractivity contribution in [2.75, 3.05) is 6.61 Å². The molecule has 0 bridgehead atoms. The van der Waals surface area contributed by atoms with E-state index in [2.05, 4.69) is 19.1 Å². The predicted molar refractivity (Wildman–Crippen MR) is 190 cm³/mol. The maximum atomic E-state index is 12.0. The number of esters is 1. The Morgan fingerprint density at radius 1 is 0.432 bits per heavy atom. The van der Waals surface area contributed by atoms with Crippen molar-refractivity contribution in [1.29, 1.82) is 0 Å². The number of aliphatic carboxylic acids is 1. The first-order valence-corrected chi connectivity index (χ1v) is 19.7. The highest BCUT2D eigenvalue weighted by Gasteiger charge is 2.03. The van der Waals surface area contributed by atoms with Crippen LogP contribution in [0.4, 0.5) is 0 Å². The number of unbranched alkanes of at least 4 members (excludes halogenated alkanes) is 29. The molecular weight excluding hydrogens is 544 g/mol. The number of carbonyl (C=O) groups is 2. The van der Waals surface area contributed by atoms with Gasteiger partial charge in [0.05, 0.1) is 6.61 Å². The lowest BCUT2D eigenvalue weighted by molar-refractivity contribution is -0.144. The first-order chi connectivity index (χ1) is 21.7. The lowest BCUT2D eigenvalue weighted by atomic mass is 10.0. The summed E-state index contributed by atoms with van der Waals surface area (Å²) in [6, 6.07) is 0. The van der Waals surface area contributed by atoms with Crippen molar-refractivity contribution in [2.45, 2.75) is 225 Å². The third-order valence-electron chi connectivity index (χ3n) is 8.94. The van der Waals surface area contributed by atoms with E-state index >= 15 is 0 Å². The zero-order chi connectivity index (χ0) is 32.0. The number of allylic oxidation sites excluding steroid dienone is 2. The molecule has 4 heteroatoms. The molecule has 44 heavy (non-hydrogen) atoms. The van der Waals surface area contributed by atoms with Crippen LogP contribution in [0.2, 0.25) is 0 Å². The summed E-state index contributed by atoms with van der Waals surface area (Å²) in [5.41, 5.74) is 0. The van der Waals surface area contributed by atoms with E-state index in [4.69, 9.17) is 9.84 Å². The molecule has 0 amide bonds. The number of hydrogen-bond donors (Lipinski definition) is 1. The van der Waals surface area contributed by atoms with Gasteiger partial charge in [0.15, 0.2) is 0 Å². The van der Waals surface area contributed by atoms with Crippen LogP contribution in [0, 0.1) is 0 Å². The van der Waals surface area contributed by atoms with Gasteiger partial charge in [-0.2, -0.15) is 0 Å². The zero-order valence-corrected chi connectivity index (χ0v) is 29.6. The second-order valence-electron chi connectivity index (χ2n) is 13.4. The molecule has 0 aliphatic heterocycles. The second kappa shape index (κ2) is 37.9. The lowest BCUT2D eigenvalue weighted by Gasteiger charge is -2.06. The Balaban J connectivity index is 3.18. The van der Waals surface area contributed by atoms with Gasteiger partial charge in [-0.05, 0) is 44.9 Å². The largest absolute Gasteiger partial charge is 0.481 e. The van der Waals surface area contributed by atoms with Gasteiger partial charge in [0.25, 0.3) is 0 Å². The molecule has 0 aliphatic carbocycles. The highest BCUT2D eigenvalue weighted by molar-refractivity contribution is 5.69. The van der Waals surface area contributed by atoms with Crippen LogP contribution in [0.1, 0.15) is 225 Å². The summed E-state index contributed by atoms with van der Waals surface area (Å²) in [4.78, 5) is 22.4. The van der Waals surface area contributed by atoms with Crippen molar-refractivity contribution in [3.8, 4) is 0 Å². The molecule has 0 fully saturated rings. The first-order valence-electron chi connectivity index (χ1n) is 19.7. The van der Waals surface area contributed by atoms with Crippen molar-refractivity contribution in [2.24, 2.45) is 0 Å². The number of carboxylic acids is 1. The molecule has 0 aliphatic rings. The summed E-state index contributed by atoms with van der Waals surface area (Å²) in [5.74, 6) is -0.657. The summed E-state index contributed by atoms with van der Waals surface area (Å²) in [6.07, 6.45) is 46.6. The lowest BCUT2D eigenvalue weighted by Crippen LogP contribution is -2.05. The number of ether oxygens (including phenoxy) is 1. The van der Waals surface area contributed by atoms with Gasteiger partial charge < -0.3 is 9.84 Å². The summed E-state index contributed by atoms with van der Waals surface area (Å²) in [7, 11) is 0. The molecule has 0 aromatic rings. The highest BCUT2D eigenvalue weighted by Crippen LogP contribution is 2.15. The molecule has 0 unspecified atom stereocenters. The molecule has 0 atom stereocenters. The number of rotatable bonds is 37. The van der Waals surface area contributed by atoms with Crippen LogP contribution in [0.25, 0.3) is 0 Å².